The van der Waals surface area contributed by atoms with Crippen molar-refractivity contribution < 1.29 is 58.0 Å². The first-order chi connectivity index (χ1) is 5.85. The Bertz CT molecular complexity index is 171. The van der Waals surface area contributed by atoms with E-state index < -0.39 is 13.8 Å². The monoisotopic (exact) mass is 236 g/mol. The molecule has 0 unspecified atom stereocenters. The second-order valence-corrected chi connectivity index (χ2v) is 3.25. The zero-order valence-corrected chi connectivity index (χ0v) is 11.7. The summed E-state index contributed by atoms with van der Waals surface area (Å²) in [5.74, 6) is -1.08. The van der Waals surface area contributed by atoms with E-state index in [9.17, 15) is 4.57 Å². The Labute approximate surface area is 106 Å². The fourth-order valence-electron chi connectivity index (χ4n) is 0.364. The van der Waals surface area contributed by atoms with Crippen molar-refractivity contribution in [1.29, 1.82) is 0 Å². The number of hydrogen-bond donors (Lipinski definition) is 1. The SMILES string of the molecule is CC(=O)[O-].CCOP(=O)(O)OCC.[Na+]. The third-order valence-electron chi connectivity index (χ3n) is 0.584. The molecule has 0 aliphatic heterocycles. The number of carboxylic acid groups (broad SMARTS) is 1. The van der Waals surface area contributed by atoms with Gasteiger partial charge in [0.25, 0.3) is 0 Å². The van der Waals surface area contributed by atoms with Crippen molar-refractivity contribution in [1.82, 2.24) is 0 Å². The van der Waals surface area contributed by atoms with Crippen molar-refractivity contribution in [3.8, 4) is 0 Å². The van der Waals surface area contributed by atoms with Crippen LogP contribution in [-0.2, 0) is 18.4 Å². The van der Waals surface area contributed by atoms with E-state index in [0.29, 0.717) is 0 Å². The molecule has 0 saturated heterocycles. The number of carbonyl (C=O) groups is 1. The molecule has 0 fully saturated rings. The molecule has 0 saturated carbocycles. The molecular formula is C6H14NaO6P. The minimum atomic E-state index is -3.69. The van der Waals surface area contributed by atoms with Crippen LogP contribution in [0.1, 0.15) is 20.8 Å². The standard InChI is InChI=1S/C4H11O4P.C2H4O2.Na/c1-3-7-9(5,6)8-4-2;1-2(3)4;/h3-4H2,1-2H3,(H,5,6);1H3,(H,3,4);/q;;+1/p-1. The van der Waals surface area contributed by atoms with E-state index in [1.54, 1.807) is 13.8 Å². The van der Waals surface area contributed by atoms with E-state index in [1.165, 1.54) is 0 Å². The molecule has 6 nitrogen and oxygen atoms in total. The van der Waals surface area contributed by atoms with E-state index in [1.807, 2.05) is 0 Å². The molecule has 0 atom stereocenters. The van der Waals surface area contributed by atoms with Gasteiger partial charge in [-0.3, -0.25) is 9.05 Å². The third kappa shape index (κ3) is 22.9. The van der Waals surface area contributed by atoms with Crippen molar-refractivity contribution in [2.75, 3.05) is 13.2 Å². The molecule has 14 heavy (non-hydrogen) atoms. The summed E-state index contributed by atoms with van der Waals surface area (Å²) in [7, 11) is -3.69. The van der Waals surface area contributed by atoms with Gasteiger partial charge in [0, 0.05) is 5.97 Å². The van der Waals surface area contributed by atoms with E-state index >= 15 is 0 Å². The van der Waals surface area contributed by atoms with Crippen molar-refractivity contribution in [2.45, 2.75) is 20.8 Å². The minimum absolute atomic E-state index is 0. The van der Waals surface area contributed by atoms with Crippen LogP contribution in [0.5, 0.6) is 0 Å². The van der Waals surface area contributed by atoms with Crippen LogP contribution in [0, 0.1) is 0 Å². The molecule has 0 heterocycles. The summed E-state index contributed by atoms with van der Waals surface area (Å²) in [5.41, 5.74) is 0. The molecule has 0 bridgehead atoms. The maximum Gasteiger partial charge on any atom is 1.00 e. The van der Waals surface area contributed by atoms with Crippen molar-refractivity contribution in [3.05, 3.63) is 0 Å². The average molecular weight is 236 g/mol. The number of rotatable bonds is 4. The van der Waals surface area contributed by atoms with Crippen LogP contribution in [0.4, 0.5) is 0 Å². The number of aliphatic carboxylic acids is 1. The fraction of sp³-hybridized carbons (Fsp3) is 0.833. The van der Waals surface area contributed by atoms with Gasteiger partial charge in [-0.1, -0.05) is 0 Å². The number of phosphoric ester groups is 1. The van der Waals surface area contributed by atoms with Gasteiger partial charge >= 0.3 is 37.4 Å². The first kappa shape index (κ1) is 20.1. The summed E-state index contributed by atoms with van der Waals surface area (Å²) in [6.07, 6.45) is 0. The molecule has 0 amide bonds. The van der Waals surface area contributed by atoms with Crippen LogP contribution in [0.25, 0.3) is 0 Å². The van der Waals surface area contributed by atoms with Crippen LogP contribution in [0.3, 0.4) is 0 Å². The summed E-state index contributed by atoms with van der Waals surface area (Å²) < 4.78 is 19.2. The molecule has 0 aliphatic carbocycles. The molecule has 0 spiro atoms. The minimum Gasteiger partial charge on any atom is -0.550 e. The van der Waals surface area contributed by atoms with Gasteiger partial charge in [-0.15, -0.1) is 0 Å². The first-order valence-electron chi connectivity index (χ1n) is 3.65. The second kappa shape index (κ2) is 11.7. The van der Waals surface area contributed by atoms with Crippen LogP contribution in [0.2, 0.25) is 0 Å². The van der Waals surface area contributed by atoms with Crippen molar-refractivity contribution >= 4 is 13.8 Å². The third-order valence-corrected chi connectivity index (χ3v) is 1.75. The summed E-state index contributed by atoms with van der Waals surface area (Å²) in [5, 5.41) is 8.89. The largest absolute Gasteiger partial charge is 1.00 e. The fourth-order valence-corrected chi connectivity index (χ4v) is 1.09. The smallest absolute Gasteiger partial charge is 0.550 e. The number of phosphoric acid groups is 1. The Morgan fingerprint density at radius 2 is 1.57 bits per heavy atom. The summed E-state index contributed by atoms with van der Waals surface area (Å²) >= 11 is 0. The molecule has 0 aromatic carbocycles. The molecule has 0 radical (unpaired) electrons. The summed E-state index contributed by atoms with van der Waals surface area (Å²) in [4.78, 5) is 17.5. The van der Waals surface area contributed by atoms with Crippen molar-refractivity contribution in [3.63, 3.8) is 0 Å². The van der Waals surface area contributed by atoms with E-state index in [0.717, 1.165) is 6.92 Å². The topological polar surface area (TPSA) is 95.9 Å². The van der Waals surface area contributed by atoms with Crippen LogP contribution >= 0.6 is 7.82 Å². The van der Waals surface area contributed by atoms with E-state index in [2.05, 4.69) is 9.05 Å². The molecule has 1 N–H and O–H groups in total. The van der Waals surface area contributed by atoms with Gasteiger partial charge in [0.1, 0.15) is 0 Å². The Balaban J connectivity index is -0.000000209. The number of carbonyl (C=O) groups excluding carboxylic acids is 1. The summed E-state index contributed by atoms with van der Waals surface area (Å²) in [6.45, 7) is 4.60. The Kier molecular flexibility index (Phi) is 16.7. The first-order valence-corrected chi connectivity index (χ1v) is 5.14. The zero-order valence-electron chi connectivity index (χ0n) is 8.85. The van der Waals surface area contributed by atoms with E-state index in [-0.39, 0.29) is 42.8 Å². The molecule has 0 aromatic heterocycles. The second-order valence-electron chi connectivity index (χ2n) is 1.80. The van der Waals surface area contributed by atoms with Gasteiger partial charge < -0.3 is 14.8 Å². The molecular weight excluding hydrogens is 222 g/mol. The molecule has 0 aromatic rings. The predicted octanol–water partition coefficient (Wildman–Crippen LogP) is -3.08. The quantitative estimate of drug-likeness (QED) is 0.411. The van der Waals surface area contributed by atoms with Gasteiger partial charge in [0.15, 0.2) is 0 Å². The van der Waals surface area contributed by atoms with Gasteiger partial charge in [0.05, 0.1) is 13.2 Å². The van der Waals surface area contributed by atoms with Crippen LogP contribution in [-0.4, -0.2) is 24.1 Å². The van der Waals surface area contributed by atoms with E-state index in [4.69, 9.17) is 14.8 Å². The maximum absolute atomic E-state index is 10.5. The number of hydrogen-bond acceptors (Lipinski definition) is 5. The Morgan fingerprint density at radius 3 is 1.71 bits per heavy atom. The van der Waals surface area contributed by atoms with Gasteiger partial charge in [-0.2, -0.15) is 0 Å². The molecule has 0 rings (SSSR count). The molecule has 80 valence electrons. The van der Waals surface area contributed by atoms with Gasteiger partial charge in [0.2, 0.25) is 0 Å². The Morgan fingerprint density at radius 1 is 1.36 bits per heavy atom. The molecule has 0 aliphatic rings. The normalized spacial score (nSPS) is 9.43. The number of carboxylic acids is 1. The zero-order chi connectivity index (χ0) is 10.9. The summed E-state index contributed by atoms with van der Waals surface area (Å²) in [6, 6.07) is 0. The van der Waals surface area contributed by atoms with Gasteiger partial charge in [-0.05, 0) is 20.8 Å². The Hall–Kier alpha value is 0.580. The van der Waals surface area contributed by atoms with Crippen molar-refractivity contribution in [2.24, 2.45) is 0 Å². The van der Waals surface area contributed by atoms with Gasteiger partial charge in [-0.25, -0.2) is 4.57 Å². The molecule has 8 heteroatoms. The predicted molar refractivity (Wildman–Crippen MR) is 43.8 cm³/mol. The average Bonchev–Trinajstić information content (AvgIpc) is 1.84. The van der Waals surface area contributed by atoms with Crippen LogP contribution < -0.4 is 34.7 Å². The maximum atomic E-state index is 10.5. The van der Waals surface area contributed by atoms with Crippen LogP contribution in [0.15, 0.2) is 0 Å².